The summed E-state index contributed by atoms with van der Waals surface area (Å²) in [5.41, 5.74) is 0. The van der Waals surface area contributed by atoms with E-state index in [2.05, 4.69) is 0 Å². The van der Waals surface area contributed by atoms with Crippen molar-refractivity contribution in [3.8, 4) is 0 Å². The second-order valence-electron chi connectivity index (χ2n) is 3.49. The van der Waals surface area contributed by atoms with Gasteiger partial charge in [-0.2, -0.15) is 0 Å². The number of halogens is 2. The summed E-state index contributed by atoms with van der Waals surface area (Å²) in [6, 6.07) is 7.96. The van der Waals surface area contributed by atoms with Crippen molar-refractivity contribution in [2.24, 2.45) is 0 Å². The Bertz CT molecular complexity index is 607. The summed E-state index contributed by atoms with van der Waals surface area (Å²) < 4.78 is 17.2. The molecule has 1 aromatic carbocycles. The fourth-order valence-electron chi connectivity index (χ4n) is 1.37. The molecule has 0 spiro atoms. The van der Waals surface area contributed by atoms with Crippen LogP contribution in [0.25, 0.3) is 0 Å². The van der Waals surface area contributed by atoms with Crippen LogP contribution in [-0.4, -0.2) is 10.5 Å². The zero-order chi connectivity index (χ0) is 13.1. The van der Waals surface area contributed by atoms with E-state index < -0.39 is 10.8 Å². The number of hydrogen-bond donors (Lipinski definition) is 0. The van der Waals surface area contributed by atoms with Gasteiger partial charge in [-0.3, -0.25) is 9.00 Å². The maximum Gasteiger partial charge on any atom is 0.185 e. The predicted octanol–water partition coefficient (Wildman–Crippen LogP) is 3.71. The summed E-state index contributed by atoms with van der Waals surface area (Å²) in [4.78, 5) is 11.0. The minimum absolute atomic E-state index is 0.186. The number of furan rings is 1. The Morgan fingerprint density at radius 3 is 2.56 bits per heavy atom. The summed E-state index contributed by atoms with van der Waals surface area (Å²) in [6.45, 7) is 0. The van der Waals surface area contributed by atoms with Crippen LogP contribution in [-0.2, 0) is 16.6 Å². The quantitative estimate of drug-likeness (QED) is 0.809. The molecule has 0 aliphatic rings. The van der Waals surface area contributed by atoms with Crippen LogP contribution in [0.2, 0.25) is 10.0 Å². The van der Waals surface area contributed by atoms with Crippen molar-refractivity contribution in [1.29, 1.82) is 0 Å². The molecule has 2 rings (SSSR count). The molecule has 1 aromatic heterocycles. The molecular formula is C12H8Cl2O3S. The molecule has 1 heterocycles. The summed E-state index contributed by atoms with van der Waals surface area (Å²) in [5, 5.41) is 0.772. The first-order valence-corrected chi connectivity index (χ1v) is 7.05. The summed E-state index contributed by atoms with van der Waals surface area (Å²) >= 11 is 11.6. The Balaban J connectivity index is 2.16. The van der Waals surface area contributed by atoms with Crippen LogP contribution >= 0.6 is 23.2 Å². The SMILES string of the molecule is O=Cc1ccc(CS(=O)c2ccc(Cl)c(Cl)c2)o1. The molecule has 0 saturated heterocycles. The lowest BCUT2D eigenvalue weighted by Gasteiger charge is -2.02. The van der Waals surface area contributed by atoms with E-state index in [1.165, 1.54) is 6.07 Å². The van der Waals surface area contributed by atoms with Gasteiger partial charge < -0.3 is 4.42 Å². The van der Waals surface area contributed by atoms with E-state index in [1.807, 2.05) is 0 Å². The lowest BCUT2D eigenvalue weighted by Crippen LogP contribution is -1.95. The van der Waals surface area contributed by atoms with Gasteiger partial charge in [-0.25, -0.2) is 0 Å². The van der Waals surface area contributed by atoms with Crippen LogP contribution in [0.15, 0.2) is 39.6 Å². The number of carbonyl (C=O) groups excluding carboxylic acids is 1. The van der Waals surface area contributed by atoms with Gasteiger partial charge in [-0.15, -0.1) is 0 Å². The van der Waals surface area contributed by atoms with Gasteiger partial charge in [0.05, 0.1) is 26.6 Å². The molecule has 2 aromatic rings. The molecule has 0 amide bonds. The lowest BCUT2D eigenvalue weighted by atomic mass is 10.4. The highest BCUT2D eigenvalue weighted by Crippen LogP contribution is 2.25. The Hall–Kier alpha value is -1.10. The minimum atomic E-state index is -1.29. The highest BCUT2D eigenvalue weighted by Gasteiger charge is 2.10. The Kier molecular flexibility index (Phi) is 4.22. The van der Waals surface area contributed by atoms with E-state index >= 15 is 0 Å². The third-order valence-corrected chi connectivity index (χ3v) is 4.29. The number of hydrogen-bond acceptors (Lipinski definition) is 3. The zero-order valence-corrected chi connectivity index (χ0v) is 11.4. The first-order valence-electron chi connectivity index (χ1n) is 4.97. The molecule has 1 atom stereocenters. The van der Waals surface area contributed by atoms with E-state index in [1.54, 1.807) is 24.3 Å². The molecule has 0 fully saturated rings. The molecule has 0 aliphatic carbocycles. The Morgan fingerprint density at radius 1 is 1.17 bits per heavy atom. The third kappa shape index (κ3) is 3.02. The maximum absolute atomic E-state index is 12.0. The topological polar surface area (TPSA) is 47.3 Å². The normalized spacial score (nSPS) is 12.3. The summed E-state index contributed by atoms with van der Waals surface area (Å²) in [7, 11) is -1.29. The monoisotopic (exact) mass is 302 g/mol. The lowest BCUT2D eigenvalue weighted by molar-refractivity contribution is 0.109. The van der Waals surface area contributed by atoms with Crippen molar-refractivity contribution >= 4 is 40.3 Å². The van der Waals surface area contributed by atoms with Crippen molar-refractivity contribution in [3.63, 3.8) is 0 Å². The third-order valence-electron chi connectivity index (χ3n) is 2.23. The van der Waals surface area contributed by atoms with Gasteiger partial charge in [-0.05, 0) is 30.3 Å². The average molecular weight is 303 g/mol. The van der Waals surface area contributed by atoms with Crippen LogP contribution in [0.1, 0.15) is 16.3 Å². The van der Waals surface area contributed by atoms with Crippen molar-refractivity contribution in [2.75, 3.05) is 0 Å². The van der Waals surface area contributed by atoms with Gasteiger partial charge in [0.25, 0.3) is 0 Å². The fourth-order valence-corrected chi connectivity index (χ4v) is 2.78. The first kappa shape index (κ1) is 13.3. The van der Waals surface area contributed by atoms with Crippen molar-refractivity contribution < 1.29 is 13.4 Å². The van der Waals surface area contributed by atoms with Crippen molar-refractivity contribution in [1.82, 2.24) is 0 Å². The number of rotatable bonds is 4. The van der Waals surface area contributed by atoms with Crippen LogP contribution < -0.4 is 0 Å². The van der Waals surface area contributed by atoms with Crippen LogP contribution in [0.5, 0.6) is 0 Å². The molecular weight excluding hydrogens is 295 g/mol. The van der Waals surface area contributed by atoms with Crippen LogP contribution in [0.3, 0.4) is 0 Å². The smallest absolute Gasteiger partial charge is 0.185 e. The Morgan fingerprint density at radius 2 is 1.94 bits per heavy atom. The number of benzene rings is 1. The minimum Gasteiger partial charge on any atom is -0.457 e. The molecule has 3 nitrogen and oxygen atoms in total. The van der Waals surface area contributed by atoms with Gasteiger partial charge in [-0.1, -0.05) is 23.2 Å². The van der Waals surface area contributed by atoms with Gasteiger partial charge in [0.15, 0.2) is 12.0 Å². The molecule has 1 unspecified atom stereocenters. The van der Waals surface area contributed by atoms with Gasteiger partial charge >= 0.3 is 0 Å². The van der Waals surface area contributed by atoms with Crippen LogP contribution in [0.4, 0.5) is 0 Å². The average Bonchev–Trinajstić information content (AvgIpc) is 2.80. The number of carbonyl (C=O) groups is 1. The highest BCUT2D eigenvalue weighted by molar-refractivity contribution is 7.84. The molecule has 0 aliphatic heterocycles. The van der Waals surface area contributed by atoms with Crippen LogP contribution in [0, 0.1) is 0 Å². The van der Waals surface area contributed by atoms with E-state index in [-0.39, 0.29) is 11.5 Å². The van der Waals surface area contributed by atoms with Gasteiger partial charge in [0.2, 0.25) is 0 Å². The van der Waals surface area contributed by atoms with E-state index in [9.17, 15) is 9.00 Å². The first-order chi connectivity index (χ1) is 8.60. The summed E-state index contributed by atoms with van der Waals surface area (Å²) in [6.07, 6.45) is 0.603. The second kappa shape index (κ2) is 5.69. The molecule has 0 radical (unpaired) electrons. The molecule has 0 saturated carbocycles. The van der Waals surface area contributed by atoms with Crippen molar-refractivity contribution in [3.05, 3.63) is 51.9 Å². The fraction of sp³-hybridized carbons (Fsp3) is 0.0833. The van der Waals surface area contributed by atoms with E-state index in [0.717, 1.165) is 0 Å². The standard InChI is InChI=1S/C12H8Cl2O3S/c13-11-4-3-10(5-12(11)14)18(16)7-9-2-1-8(6-15)17-9/h1-6H,7H2. The summed E-state index contributed by atoms with van der Waals surface area (Å²) in [5.74, 6) is 0.892. The Labute approximate surface area is 116 Å². The van der Waals surface area contributed by atoms with Gasteiger partial charge in [0.1, 0.15) is 5.76 Å². The van der Waals surface area contributed by atoms with Crippen molar-refractivity contribution in [2.45, 2.75) is 10.6 Å². The number of aldehydes is 1. The largest absolute Gasteiger partial charge is 0.457 e. The van der Waals surface area contributed by atoms with E-state index in [0.29, 0.717) is 27.0 Å². The maximum atomic E-state index is 12.0. The molecule has 0 N–H and O–H groups in total. The molecule has 0 bridgehead atoms. The highest BCUT2D eigenvalue weighted by atomic mass is 35.5. The van der Waals surface area contributed by atoms with Gasteiger partial charge in [0, 0.05) is 4.90 Å². The zero-order valence-electron chi connectivity index (χ0n) is 9.06. The predicted molar refractivity (Wildman–Crippen MR) is 70.7 cm³/mol. The second-order valence-corrected chi connectivity index (χ2v) is 5.75. The molecule has 18 heavy (non-hydrogen) atoms. The molecule has 6 heteroatoms. The molecule has 94 valence electrons. The van der Waals surface area contributed by atoms with E-state index in [4.69, 9.17) is 27.6 Å².